The molecule has 1 aliphatic rings. The van der Waals surface area contributed by atoms with Crippen molar-refractivity contribution in [1.29, 1.82) is 0 Å². The van der Waals surface area contributed by atoms with Gasteiger partial charge in [-0.3, -0.25) is 4.98 Å². The Morgan fingerprint density at radius 3 is 2.44 bits per heavy atom. The average molecular weight is 641 g/mol. The Morgan fingerprint density at radius 2 is 1.62 bits per heavy atom. The molecule has 3 heterocycles. The van der Waals surface area contributed by atoms with Crippen molar-refractivity contribution in [3.05, 3.63) is 115 Å². The molecule has 6 rings (SSSR count). The molecular formula is C28H17N2O2PPt. The molecule has 3 aromatic carbocycles. The van der Waals surface area contributed by atoms with E-state index in [0.717, 1.165) is 27.6 Å². The number of benzene rings is 3. The summed E-state index contributed by atoms with van der Waals surface area (Å²) in [7, 11) is -3.16. The molecule has 0 bridgehead atoms. The van der Waals surface area contributed by atoms with Crippen LogP contribution in [0.4, 0.5) is 0 Å². The average Bonchev–Trinajstić information content (AvgIpc) is 3.15. The molecular weight excluding hydrogens is 622 g/mol. The summed E-state index contributed by atoms with van der Waals surface area (Å²) >= 11 is 0. The Hall–Kier alpha value is -3.32. The van der Waals surface area contributed by atoms with Gasteiger partial charge in [-0.25, -0.2) is 16.1 Å². The van der Waals surface area contributed by atoms with E-state index in [4.69, 9.17) is 6.11 Å². The Bertz CT molecular complexity index is 1580. The third-order valence-corrected chi connectivity index (χ3v) is 8.57. The SMILES string of the molecule is [2H]c1ccc(Oc2[c-]c(-c3[c-]c4c(cc3)-c3ccccc3P4(=O)c3ccccn3)ccc2)nc1.[Pt+2]. The zero-order valence-corrected chi connectivity index (χ0v) is 20.9. The molecule has 5 aromatic rings. The molecule has 2 aromatic heterocycles. The van der Waals surface area contributed by atoms with E-state index in [-0.39, 0.29) is 21.1 Å². The third-order valence-electron chi connectivity index (χ3n) is 5.61. The second-order valence-corrected chi connectivity index (χ2v) is 10.2. The number of pyridine rings is 2. The van der Waals surface area contributed by atoms with Gasteiger partial charge in [0.2, 0.25) is 5.88 Å². The first-order chi connectivity index (χ1) is 16.6. The van der Waals surface area contributed by atoms with E-state index in [0.29, 0.717) is 28.4 Å². The maximum absolute atomic E-state index is 14.6. The smallest absolute Gasteiger partial charge is 0.460 e. The van der Waals surface area contributed by atoms with Crippen LogP contribution in [0.2, 0.25) is 0 Å². The minimum atomic E-state index is -3.16. The molecule has 0 spiro atoms. The van der Waals surface area contributed by atoms with Gasteiger partial charge in [0.05, 0.1) is 1.37 Å². The normalized spacial score (nSPS) is 16.1. The number of nitrogens with zero attached hydrogens (tertiary/aromatic N) is 2. The Morgan fingerprint density at radius 1 is 0.765 bits per heavy atom. The molecule has 0 N–H and O–H groups in total. The second-order valence-electron chi connectivity index (χ2n) is 7.58. The molecule has 0 radical (unpaired) electrons. The molecule has 0 aliphatic carbocycles. The van der Waals surface area contributed by atoms with E-state index in [9.17, 15) is 4.57 Å². The topological polar surface area (TPSA) is 52.1 Å². The third kappa shape index (κ3) is 3.74. The zero-order chi connectivity index (χ0) is 23.1. The van der Waals surface area contributed by atoms with Gasteiger partial charge in [-0.15, -0.1) is 18.2 Å². The Labute approximate surface area is 213 Å². The molecule has 1 atom stereocenters. The molecule has 0 saturated carbocycles. The van der Waals surface area contributed by atoms with Crippen LogP contribution in [0.25, 0.3) is 22.3 Å². The zero-order valence-electron chi connectivity index (χ0n) is 18.7. The van der Waals surface area contributed by atoms with Gasteiger partial charge < -0.3 is 9.30 Å². The van der Waals surface area contributed by atoms with Crippen molar-refractivity contribution >= 4 is 23.2 Å². The summed E-state index contributed by atoms with van der Waals surface area (Å²) in [5, 5.41) is 1.46. The van der Waals surface area contributed by atoms with Crippen LogP contribution in [-0.4, -0.2) is 9.97 Å². The predicted octanol–water partition coefficient (Wildman–Crippen LogP) is 5.15. The number of ether oxygens (including phenoxy) is 1. The minimum Gasteiger partial charge on any atom is -0.460 e. The second kappa shape index (κ2) is 9.14. The standard InChI is InChI=1S/C28H17N2O2P.Pt/c31-33(28-13-4-6-17-30-28)25-11-2-1-10-23(25)24-15-14-21(19-26(24)33)20-8-7-9-22(18-20)32-27-12-3-5-16-29-27;/h1-17H;/q-2;+2/i5D;. The Kier molecular flexibility index (Phi) is 5.71. The first-order valence-electron chi connectivity index (χ1n) is 10.9. The molecule has 166 valence electrons. The van der Waals surface area contributed by atoms with Gasteiger partial charge in [0.15, 0.2) is 7.14 Å². The first kappa shape index (κ1) is 21.2. The number of rotatable bonds is 4. The minimum absolute atomic E-state index is 0. The van der Waals surface area contributed by atoms with Gasteiger partial charge in [0, 0.05) is 29.5 Å². The fourth-order valence-electron chi connectivity index (χ4n) is 4.12. The Balaban J connectivity index is 0.00000253. The van der Waals surface area contributed by atoms with E-state index in [1.165, 1.54) is 6.20 Å². The van der Waals surface area contributed by atoms with Crippen LogP contribution in [0.3, 0.4) is 0 Å². The van der Waals surface area contributed by atoms with Crippen molar-refractivity contribution in [3.63, 3.8) is 0 Å². The van der Waals surface area contributed by atoms with E-state index in [2.05, 4.69) is 22.1 Å². The summed E-state index contributed by atoms with van der Waals surface area (Å²) in [4.78, 5) is 8.59. The van der Waals surface area contributed by atoms with Gasteiger partial charge in [0.1, 0.15) is 5.44 Å². The van der Waals surface area contributed by atoms with E-state index in [1.807, 2.05) is 66.7 Å². The summed E-state index contributed by atoms with van der Waals surface area (Å²) in [6.45, 7) is 0. The van der Waals surface area contributed by atoms with Gasteiger partial charge in [-0.1, -0.05) is 47.3 Å². The van der Waals surface area contributed by atoms with Crippen LogP contribution in [-0.2, 0) is 25.6 Å². The van der Waals surface area contributed by atoms with Crippen molar-refractivity contribution in [3.8, 4) is 33.9 Å². The first-order valence-corrected chi connectivity index (χ1v) is 12.2. The molecule has 0 saturated heterocycles. The van der Waals surface area contributed by atoms with Crippen molar-refractivity contribution in [2.75, 3.05) is 0 Å². The fraction of sp³-hybridized carbons (Fsp3) is 0. The molecule has 6 heteroatoms. The van der Waals surface area contributed by atoms with Crippen LogP contribution in [0, 0.1) is 12.1 Å². The van der Waals surface area contributed by atoms with Crippen LogP contribution >= 0.6 is 7.14 Å². The van der Waals surface area contributed by atoms with Crippen LogP contribution in [0.1, 0.15) is 1.37 Å². The van der Waals surface area contributed by atoms with Crippen molar-refractivity contribution < 1.29 is 31.7 Å². The van der Waals surface area contributed by atoms with Gasteiger partial charge in [0.25, 0.3) is 0 Å². The van der Waals surface area contributed by atoms with Gasteiger partial charge in [-0.05, 0) is 23.7 Å². The summed E-state index contributed by atoms with van der Waals surface area (Å²) in [5.41, 5.74) is 3.96. The van der Waals surface area contributed by atoms with Crippen molar-refractivity contribution in [1.82, 2.24) is 9.97 Å². The predicted molar refractivity (Wildman–Crippen MR) is 130 cm³/mol. The van der Waals surface area contributed by atoms with E-state index in [1.54, 1.807) is 24.4 Å². The molecule has 1 aliphatic heterocycles. The molecule has 4 nitrogen and oxygen atoms in total. The summed E-state index contributed by atoms with van der Waals surface area (Å²) in [6.07, 6.45) is 3.11. The summed E-state index contributed by atoms with van der Waals surface area (Å²) in [5.74, 6) is 0.880. The van der Waals surface area contributed by atoms with Crippen molar-refractivity contribution in [2.45, 2.75) is 0 Å². The quantitative estimate of drug-likeness (QED) is 0.198. The number of aromatic nitrogens is 2. The summed E-state index contributed by atoms with van der Waals surface area (Å²) in [6, 6.07) is 33.1. The van der Waals surface area contributed by atoms with E-state index < -0.39 is 7.14 Å². The van der Waals surface area contributed by atoms with Crippen LogP contribution in [0.5, 0.6) is 11.6 Å². The maximum atomic E-state index is 14.6. The molecule has 0 amide bonds. The van der Waals surface area contributed by atoms with Crippen LogP contribution in [0.15, 0.2) is 103 Å². The molecule has 0 fully saturated rings. The number of hydrogen-bond acceptors (Lipinski definition) is 4. The van der Waals surface area contributed by atoms with Gasteiger partial charge in [-0.2, -0.15) is 24.3 Å². The largest absolute Gasteiger partial charge is 2.00 e. The monoisotopic (exact) mass is 640 g/mol. The fourth-order valence-corrected chi connectivity index (χ4v) is 7.01. The maximum Gasteiger partial charge on any atom is 2.00 e. The molecule has 34 heavy (non-hydrogen) atoms. The van der Waals surface area contributed by atoms with Crippen LogP contribution < -0.4 is 20.8 Å². The number of fused-ring (bicyclic) bond motifs is 3. The molecule has 1 unspecified atom stereocenters. The van der Waals surface area contributed by atoms with Gasteiger partial charge >= 0.3 is 21.1 Å². The summed E-state index contributed by atoms with van der Waals surface area (Å²) < 4.78 is 28.0. The number of hydrogen-bond donors (Lipinski definition) is 0. The van der Waals surface area contributed by atoms with Crippen molar-refractivity contribution in [2.24, 2.45) is 0 Å². The van der Waals surface area contributed by atoms with E-state index >= 15 is 0 Å².